The molecular formula is C21H26N6. The summed E-state index contributed by atoms with van der Waals surface area (Å²) in [5.74, 6) is 3.07. The summed E-state index contributed by atoms with van der Waals surface area (Å²) in [4.78, 5) is 18.7. The Balaban J connectivity index is 1.60. The quantitative estimate of drug-likeness (QED) is 0.834. The average molecular weight is 362 g/mol. The van der Waals surface area contributed by atoms with Gasteiger partial charge in [0.15, 0.2) is 0 Å². The van der Waals surface area contributed by atoms with Gasteiger partial charge in [-0.1, -0.05) is 0 Å². The molecule has 2 aromatic heterocycles. The molecule has 0 aromatic carbocycles. The lowest BCUT2D eigenvalue weighted by Crippen LogP contribution is -2.36. The summed E-state index contributed by atoms with van der Waals surface area (Å²) < 4.78 is 0. The van der Waals surface area contributed by atoms with Gasteiger partial charge in [-0.3, -0.25) is 0 Å². The molecule has 6 heteroatoms. The minimum Gasteiger partial charge on any atom is -0.357 e. The van der Waals surface area contributed by atoms with Gasteiger partial charge in [0.25, 0.3) is 0 Å². The van der Waals surface area contributed by atoms with Gasteiger partial charge in [-0.2, -0.15) is 5.26 Å². The fourth-order valence-corrected chi connectivity index (χ4v) is 4.17. The van der Waals surface area contributed by atoms with E-state index >= 15 is 0 Å². The van der Waals surface area contributed by atoms with Crippen LogP contribution in [0.25, 0.3) is 0 Å². The summed E-state index contributed by atoms with van der Waals surface area (Å²) in [6.45, 7) is 7.92. The second-order valence-corrected chi connectivity index (χ2v) is 7.61. The number of nitriles is 1. The van der Waals surface area contributed by atoms with Crippen LogP contribution >= 0.6 is 0 Å². The van der Waals surface area contributed by atoms with Gasteiger partial charge in [0.05, 0.1) is 11.3 Å². The molecule has 0 unspecified atom stereocenters. The zero-order chi connectivity index (χ0) is 18.8. The number of pyridine rings is 1. The van der Waals surface area contributed by atoms with Crippen LogP contribution in [0, 0.1) is 25.2 Å². The molecule has 2 aliphatic heterocycles. The van der Waals surface area contributed by atoms with Crippen LogP contribution in [0.2, 0.25) is 0 Å². The van der Waals surface area contributed by atoms with Gasteiger partial charge in [-0.15, -0.1) is 0 Å². The van der Waals surface area contributed by atoms with E-state index in [0.717, 1.165) is 67.9 Å². The monoisotopic (exact) mass is 362 g/mol. The second-order valence-electron chi connectivity index (χ2n) is 7.61. The summed E-state index contributed by atoms with van der Waals surface area (Å²) in [6.07, 6.45) is 4.67. The largest absolute Gasteiger partial charge is 0.357 e. The molecule has 0 N–H and O–H groups in total. The van der Waals surface area contributed by atoms with Crippen molar-refractivity contribution in [3.8, 4) is 6.07 Å². The third-order valence-electron chi connectivity index (χ3n) is 5.55. The molecule has 1 atom stereocenters. The molecule has 0 aliphatic carbocycles. The van der Waals surface area contributed by atoms with E-state index in [1.54, 1.807) is 0 Å². The first-order chi connectivity index (χ1) is 13.1. The first kappa shape index (κ1) is 17.7. The highest BCUT2D eigenvalue weighted by Crippen LogP contribution is 2.31. The molecule has 4 rings (SSSR count). The summed E-state index contributed by atoms with van der Waals surface area (Å²) in [5, 5.41) is 9.47. The van der Waals surface area contributed by atoms with Crippen LogP contribution in [0.15, 0.2) is 18.2 Å². The molecule has 140 valence electrons. The average Bonchev–Trinajstić information content (AvgIpc) is 3.22. The Hall–Kier alpha value is -2.68. The summed E-state index contributed by atoms with van der Waals surface area (Å²) in [5.41, 5.74) is 2.72. The van der Waals surface area contributed by atoms with E-state index in [1.165, 1.54) is 12.8 Å². The number of nitrogens with zero attached hydrogens (tertiary/aromatic N) is 6. The van der Waals surface area contributed by atoms with Gasteiger partial charge in [0.1, 0.15) is 23.5 Å². The fraction of sp³-hybridized carbons (Fsp3) is 0.524. The molecule has 2 fully saturated rings. The molecule has 4 heterocycles. The van der Waals surface area contributed by atoms with Crippen molar-refractivity contribution < 1.29 is 0 Å². The Morgan fingerprint density at radius 3 is 2.56 bits per heavy atom. The number of aryl methyl sites for hydroxylation is 2. The van der Waals surface area contributed by atoms with Crippen molar-refractivity contribution in [2.45, 2.75) is 45.4 Å². The minimum atomic E-state index is 0.343. The Morgan fingerprint density at radius 2 is 1.78 bits per heavy atom. The van der Waals surface area contributed by atoms with E-state index in [-0.39, 0.29) is 0 Å². The minimum absolute atomic E-state index is 0.343. The van der Waals surface area contributed by atoms with E-state index in [2.05, 4.69) is 31.9 Å². The number of hydrogen-bond acceptors (Lipinski definition) is 6. The van der Waals surface area contributed by atoms with Crippen molar-refractivity contribution in [3.05, 3.63) is 41.0 Å². The van der Waals surface area contributed by atoms with E-state index in [4.69, 9.17) is 4.98 Å². The molecule has 0 amide bonds. The highest BCUT2D eigenvalue weighted by molar-refractivity contribution is 5.55. The Labute approximate surface area is 160 Å². The number of piperidine rings is 1. The number of rotatable bonds is 3. The molecule has 0 spiro atoms. The normalized spacial score (nSPS) is 20.0. The van der Waals surface area contributed by atoms with Crippen molar-refractivity contribution in [1.29, 1.82) is 5.26 Å². The van der Waals surface area contributed by atoms with Crippen LogP contribution in [-0.2, 0) is 0 Å². The summed E-state index contributed by atoms with van der Waals surface area (Å²) in [7, 11) is 0. The Morgan fingerprint density at radius 1 is 1.00 bits per heavy atom. The molecule has 2 saturated heterocycles. The van der Waals surface area contributed by atoms with Crippen molar-refractivity contribution >= 4 is 11.6 Å². The molecule has 2 aliphatic rings. The maximum absolute atomic E-state index is 9.47. The van der Waals surface area contributed by atoms with Crippen molar-refractivity contribution in [1.82, 2.24) is 15.0 Å². The van der Waals surface area contributed by atoms with Crippen molar-refractivity contribution in [2.24, 2.45) is 0 Å². The molecule has 6 nitrogen and oxygen atoms in total. The maximum atomic E-state index is 9.47. The third kappa shape index (κ3) is 3.73. The Bertz CT molecular complexity index is 865. The van der Waals surface area contributed by atoms with E-state index < -0.39 is 0 Å². The lowest BCUT2D eigenvalue weighted by molar-refractivity contribution is 0.496. The SMILES string of the molecule is Cc1ccc(C#N)c(N2CCC[C@@H](c3cc(N4CCCC4)nc(C)n3)C2)n1. The molecule has 27 heavy (non-hydrogen) atoms. The van der Waals surface area contributed by atoms with E-state index in [0.29, 0.717) is 11.5 Å². The molecule has 0 bridgehead atoms. The Kier molecular flexibility index (Phi) is 4.93. The summed E-state index contributed by atoms with van der Waals surface area (Å²) >= 11 is 0. The number of anilines is 2. The second kappa shape index (κ2) is 7.51. The molecule has 2 aromatic rings. The summed E-state index contributed by atoms with van der Waals surface area (Å²) in [6, 6.07) is 8.25. The first-order valence-corrected chi connectivity index (χ1v) is 9.87. The number of hydrogen-bond donors (Lipinski definition) is 0. The van der Waals surface area contributed by atoms with Gasteiger partial charge in [-0.05, 0) is 51.7 Å². The van der Waals surface area contributed by atoms with Crippen LogP contribution in [-0.4, -0.2) is 41.1 Å². The van der Waals surface area contributed by atoms with Crippen LogP contribution in [0.5, 0.6) is 0 Å². The van der Waals surface area contributed by atoms with Crippen molar-refractivity contribution in [2.75, 3.05) is 36.0 Å². The van der Waals surface area contributed by atoms with Crippen molar-refractivity contribution in [3.63, 3.8) is 0 Å². The zero-order valence-corrected chi connectivity index (χ0v) is 16.1. The van der Waals surface area contributed by atoms with Gasteiger partial charge < -0.3 is 9.80 Å². The zero-order valence-electron chi connectivity index (χ0n) is 16.1. The fourth-order valence-electron chi connectivity index (χ4n) is 4.17. The van der Waals surface area contributed by atoms with Gasteiger partial charge in [0, 0.05) is 43.9 Å². The van der Waals surface area contributed by atoms with Crippen LogP contribution in [0.4, 0.5) is 11.6 Å². The van der Waals surface area contributed by atoms with Crippen LogP contribution in [0.3, 0.4) is 0 Å². The van der Waals surface area contributed by atoms with Gasteiger partial charge in [0.2, 0.25) is 0 Å². The lowest BCUT2D eigenvalue weighted by Gasteiger charge is -2.34. The van der Waals surface area contributed by atoms with Gasteiger partial charge in [-0.25, -0.2) is 15.0 Å². The van der Waals surface area contributed by atoms with Crippen LogP contribution < -0.4 is 9.80 Å². The predicted molar refractivity (Wildman–Crippen MR) is 106 cm³/mol. The first-order valence-electron chi connectivity index (χ1n) is 9.87. The maximum Gasteiger partial charge on any atom is 0.146 e. The lowest BCUT2D eigenvalue weighted by atomic mass is 9.94. The highest BCUT2D eigenvalue weighted by atomic mass is 15.2. The predicted octanol–water partition coefficient (Wildman–Crippen LogP) is 3.34. The molecule has 0 radical (unpaired) electrons. The highest BCUT2D eigenvalue weighted by Gasteiger charge is 2.26. The molecular weight excluding hydrogens is 336 g/mol. The third-order valence-corrected chi connectivity index (χ3v) is 5.55. The smallest absolute Gasteiger partial charge is 0.146 e. The van der Waals surface area contributed by atoms with Gasteiger partial charge >= 0.3 is 0 Å². The topological polar surface area (TPSA) is 68.9 Å². The standard InChI is InChI=1S/C21H26N6/c1-15-7-8-17(13-22)21(23-15)27-11-5-6-18(14-27)19-12-20(25-16(2)24-19)26-9-3-4-10-26/h7-8,12,18H,3-6,9-11,14H2,1-2H3/t18-/m1/s1. The van der Waals surface area contributed by atoms with Crippen LogP contribution in [0.1, 0.15) is 54.4 Å². The molecule has 0 saturated carbocycles. The number of aromatic nitrogens is 3. The van der Waals surface area contributed by atoms with E-state index in [1.807, 2.05) is 26.0 Å². The van der Waals surface area contributed by atoms with E-state index in [9.17, 15) is 5.26 Å².